The van der Waals surface area contributed by atoms with Gasteiger partial charge in [0.25, 0.3) is 0 Å². The summed E-state index contributed by atoms with van der Waals surface area (Å²) in [5.74, 6) is 0. The van der Waals surface area contributed by atoms with Crippen molar-refractivity contribution in [3.63, 3.8) is 0 Å². The fourth-order valence-corrected chi connectivity index (χ4v) is 1.80. The number of nitrogens with zero attached hydrogens (tertiary/aromatic N) is 1. The lowest BCUT2D eigenvalue weighted by atomic mass is 10.0. The average Bonchev–Trinajstić information content (AvgIpc) is 2.38. The van der Waals surface area contributed by atoms with Gasteiger partial charge in [-0.3, -0.25) is 4.98 Å². The maximum absolute atomic E-state index is 9.11. The molecule has 1 aromatic carbocycles. The van der Waals surface area contributed by atoms with Gasteiger partial charge in [-0.05, 0) is 29.7 Å². The van der Waals surface area contributed by atoms with Crippen molar-refractivity contribution >= 4 is 0 Å². The molecule has 0 radical (unpaired) electrons. The van der Waals surface area contributed by atoms with Crippen molar-refractivity contribution in [2.45, 2.75) is 20.0 Å². The number of hydrogen-bond acceptors (Lipinski definition) is 2. The van der Waals surface area contributed by atoms with Crippen LogP contribution in [0.5, 0.6) is 0 Å². The predicted octanol–water partition coefficient (Wildman–Crippen LogP) is 2.80. The van der Waals surface area contributed by atoms with Crippen LogP contribution in [0.25, 0.3) is 11.3 Å². The van der Waals surface area contributed by atoms with Crippen molar-refractivity contribution in [1.29, 1.82) is 0 Å². The van der Waals surface area contributed by atoms with E-state index in [2.05, 4.69) is 24.0 Å². The molecule has 0 amide bonds. The minimum Gasteiger partial charge on any atom is -0.392 e. The Hall–Kier alpha value is -1.67. The van der Waals surface area contributed by atoms with Crippen molar-refractivity contribution in [3.8, 4) is 11.3 Å². The Kier molecular flexibility index (Phi) is 3.32. The van der Waals surface area contributed by atoms with E-state index in [1.54, 1.807) is 6.20 Å². The first-order valence-electron chi connectivity index (χ1n) is 5.49. The van der Waals surface area contributed by atoms with Crippen molar-refractivity contribution in [2.75, 3.05) is 0 Å². The zero-order valence-electron chi connectivity index (χ0n) is 9.35. The Bertz CT molecular complexity index is 480. The second-order valence-corrected chi connectivity index (χ2v) is 3.72. The largest absolute Gasteiger partial charge is 0.392 e. The third-order valence-electron chi connectivity index (χ3n) is 2.68. The van der Waals surface area contributed by atoms with Crippen LogP contribution in [-0.2, 0) is 13.0 Å². The molecule has 0 aliphatic heterocycles. The maximum atomic E-state index is 9.11. The molecule has 0 aliphatic carbocycles. The van der Waals surface area contributed by atoms with Crippen LogP contribution in [0.2, 0.25) is 0 Å². The molecular formula is C14H15NO. The van der Waals surface area contributed by atoms with Crippen LogP contribution in [0.15, 0.2) is 42.6 Å². The highest BCUT2D eigenvalue weighted by molar-refractivity contribution is 5.64. The van der Waals surface area contributed by atoms with Gasteiger partial charge < -0.3 is 5.11 Å². The Labute approximate surface area is 95.6 Å². The first-order chi connectivity index (χ1) is 7.85. The van der Waals surface area contributed by atoms with E-state index in [9.17, 15) is 0 Å². The Morgan fingerprint density at radius 2 is 2.00 bits per heavy atom. The smallest absolute Gasteiger partial charge is 0.0708 e. The topological polar surface area (TPSA) is 33.1 Å². The lowest BCUT2D eigenvalue weighted by Gasteiger charge is -2.07. The van der Waals surface area contributed by atoms with E-state index in [0.29, 0.717) is 0 Å². The molecule has 2 nitrogen and oxygen atoms in total. The molecule has 2 aromatic rings. The predicted molar refractivity (Wildman–Crippen MR) is 65.0 cm³/mol. The van der Waals surface area contributed by atoms with Crippen molar-refractivity contribution in [3.05, 3.63) is 53.7 Å². The van der Waals surface area contributed by atoms with E-state index >= 15 is 0 Å². The van der Waals surface area contributed by atoms with Crippen LogP contribution in [0.3, 0.4) is 0 Å². The molecule has 0 aliphatic rings. The standard InChI is InChI=1S/C14H15NO/c1-2-12-5-3-4-6-13(12)14-9-11(10-16)7-8-15-14/h3-9,16H,2,10H2,1H3. The highest BCUT2D eigenvalue weighted by Gasteiger charge is 2.04. The molecule has 0 spiro atoms. The molecule has 0 saturated heterocycles. The van der Waals surface area contributed by atoms with Gasteiger partial charge in [-0.1, -0.05) is 31.2 Å². The third-order valence-corrected chi connectivity index (χ3v) is 2.68. The van der Waals surface area contributed by atoms with Gasteiger partial charge >= 0.3 is 0 Å². The van der Waals surface area contributed by atoms with Gasteiger partial charge in [0.2, 0.25) is 0 Å². The van der Waals surface area contributed by atoms with Crippen molar-refractivity contribution < 1.29 is 5.11 Å². The van der Waals surface area contributed by atoms with E-state index in [-0.39, 0.29) is 6.61 Å². The maximum Gasteiger partial charge on any atom is 0.0708 e. The molecule has 0 unspecified atom stereocenters. The quantitative estimate of drug-likeness (QED) is 0.850. The molecular weight excluding hydrogens is 198 g/mol. The molecule has 0 fully saturated rings. The van der Waals surface area contributed by atoms with Crippen molar-refractivity contribution in [2.24, 2.45) is 0 Å². The zero-order valence-corrected chi connectivity index (χ0v) is 9.35. The summed E-state index contributed by atoms with van der Waals surface area (Å²) < 4.78 is 0. The number of rotatable bonds is 3. The van der Waals surface area contributed by atoms with E-state index in [1.807, 2.05) is 24.3 Å². The summed E-state index contributed by atoms with van der Waals surface area (Å²) >= 11 is 0. The molecule has 1 aromatic heterocycles. The van der Waals surface area contributed by atoms with Gasteiger partial charge in [-0.25, -0.2) is 0 Å². The fourth-order valence-electron chi connectivity index (χ4n) is 1.80. The molecule has 82 valence electrons. The van der Waals surface area contributed by atoms with E-state index in [1.165, 1.54) is 5.56 Å². The SMILES string of the molecule is CCc1ccccc1-c1cc(CO)ccn1. The molecule has 0 saturated carbocycles. The Morgan fingerprint density at radius 3 is 2.75 bits per heavy atom. The molecule has 2 heteroatoms. The van der Waals surface area contributed by atoms with E-state index in [0.717, 1.165) is 23.2 Å². The van der Waals surface area contributed by atoms with Gasteiger partial charge in [0.05, 0.1) is 12.3 Å². The number of pyridine rings is 1. The van der Waals surface area contributed by atoms with Gasteiger partial charge in [0.1, 0.15) is 0 Å². The van der Waals surface area contributed by atoms with Gasteiger partial charge in [-0.2, -0.15) is 0 Å². The molecule has 1 heterocycles. The summed E-state index contributed by atoms with van der Waals surface area (Å²) in [5.41, 5.74) is 4.27. The highest BCUT2D eigenvalue weighted by atomic mass is 16.3. The van der Waals surface area contributed by atoms with Crippen LogP contribution in [0.4, 0.5) is 0 Å². The number of aromatic nitrogens is 1. The van der Waals surface area contributed by atoms with Gasteiger partial charge in [-0.15, -0.1) is 0 Å². The molecule has 16 heavy (non-hydrogen) atoms. The fraction of sp³-hybridized carbons (Fsp3) is 0.214. The van der Waals surface area contributed by atoms with E-state index < -0.39 is 0 Å². The average molecular weight is 213 g/mol. The summed E-state index contributed by atoms with van der Waals surface area (Å²) in [7, 11) is 0. The molecule has 0 bridgehead atoms. The zero-order chi connectivity index (χ0) is 11.4. The Balaban J connectivity index is 2.49. The van der Waals surface area contributed by atoms with Crippen LogP contribution in [-0.4, -0.2) is 10.1 Å². The summed E-state index contributed by atoms with van der Waals surface area (Å²) in [6.07, 6.45) is 2.73. The normalized spacial score (nSPS) is 10.4. The molecule has 2 rings (SSSR count). The number of aryl methyl sites for hydroxylation is 1. The lowest BCUT2D eigenvalue weighted by molar-refractivity contribution is 0.282. The third kappa shape index (κ3) is 2.12. The number of aliphatic hydroxyl groups excluding tert-OH is 1. The number of benzene rings is 1. The molecule has 0 atom stereocenters. The van der Waals surface area contributed by atoms with Crippen LogP contribution < -0.4 is 0 Å². The van der Waals surface area contributed by atoms with Crippen LogP contribution in [0, 0.1) is 0 Å². The minimum atomic E-state index is 0.0593. The monoisotopic (exact) mass is 213 g/mol. The molecule has 1 N–H and O–H groups in total. The second-order valence-electron chi connectivity index (χ2n) is 3.72. The summed E-state index contributed by atoms with van der Waals surface area (Å²) in [4.78, 5) is 4.36. The van der Waals surface area contributed by atoms with Crippen LogP contribution in [0.1, 0.15) is 18.1 Å². The lowest BCUT2D eigenvalue weighted by Crippen LogP contribution is -1.92. The van der Waals surface area contributed by atoms with E-state index in [4.69, 9.17) is 5.11 Å². The van der Waals surface area contributed by atoms with Gasteiger partial charge in [0.15, 0.2) is 0 Å². The number of aliphatic hydroxyl groups is 1. The van der Waals surface area contributed by atoms with Gasteiger partial charge in [0, 0.05) is 11.8 Å². The van der Waals surface area contributed by atoms with Crippen LogP contribution >= 0.6 is 0 Å². The first-order valence-corrected chi connectivity index (χ1v) is 5.49. The summed E-state index contributed by atoms with van der Waals surface area (Å²) in [6, 6.07) is 12.0. The Morgan fingerprint density at radius 1 is 1.19 bits per heavy atom. The first kappa shape index (κ1) is 10.8. The number of hydrogen-bond donors (Lipinski definition) is 1. The summed E-state index contributed by atoms with van der Waals surface area (Å²) in [6.45, 7) is 2.19. The highest BCUT2D eigenvalue weighted by Crippen LogP contribution is 2.22. The summed E-state index contributed by atoms with van der Waals surface area (Å²) in [5, 5.41) is 9.11. The second kappa shape index (κ2) is 4.90. The van der Waals surface area contributed by atoms with Crippen molar-refractivity contribution in [1.82, 2.24) is 4.98 Å². The minimum absolute atomic E-state index is 0.0593.